The molecular weight excluding hydrogens is 310 g/mol. The van der Waals surface area contributed by atoms with Crippen LogP contribution in [0.4, 0.5) is 10.8 Å². The number of benzene rings is 1. The summed E-state index contributed by atoms with van der Waals surface area (Å²) in [5.41, 5.74) is 0.758. The first-order valence-corrected chi connectivity index (χ1v) is 7.65. The number of hydrogen-bond donors (Lipinski definition) is 1. The van der Waals surface area contributed by atoms with Crippen molar-refractivity contribution in [2.45, 2.75) is 6.42 Å². The summed E-state index contributed by atoms with van der Waals surface area (Å²) >= 11 is 7.19. The SMILES string of the molecule is O=C(Nc1nccs1)[C@@H]1CC(=O)N(c2ccc(Cl)cc2)C1. The molecule has 1 aromatic heterocycles. The summed E-state index contributed by atoms with van der Waals surface area (Å²) in [5.74, 6) is -0.594. The predicted molar refractivity (Wildman–Crippen MR) is 82.7 cm³/mol. The highest BCUT2D eigenvalue weighted by atomic mass is 35.5. The number of amides is 2. The first-order valence-electron chi connectivity index (χ1n) is 6.40. The van der Waals surface area contributed by atoms with Crippen molar-refractivity contribution in [1.82, 2.24) is 4.98 Å². The molecule has 2 heterocycles. The topological polar surface area (TPSA) is 62.3 Å². The van der Waals surface area contributed by atoms with Crippen LogP contribution in [-0.2, 0) is 9.59 Å². The molecule has 0 saturated carbocycles. The minimum absolute atomic E-state index is 0.0587. The van der Waals surface area contributed by atoms with Gasteiger partial charge in [0, 0.05) is 35.3 Å². The Kier molecular flexibility index (Phi) is 3.90. The summed E-state index contributed by atoms with van der Waals surface area (Å²) in [4.78, 5) is 29.8. The highest BCUT2D eigenvalue weighted by molar-refractivity contribution is 7.13. The number of carbonyl (C=O) groups excluding carboxylic acids is 2. The van der Waals surface area contributed by atoms with Crippen molar-refractivity contribution in [1.29, 1.82) is 0 Å². The molecule has 0 unspecified atom stereocenters. The molecule has 1 saturated heterocycles. The molecule has 21 heavy (non-hydrogen) atoms. The fourth-order valence-corrected chi connectivity index (χ4v) is 2.90. The molecule has 0 radical (unpaired) electrons. The predicted octanol–water partition coefficient (Wildman–Crippen LogP) is 2.79. The first-order chi connectivity index (χ1) is 10.1. The van der Waals surface area contributed by atoms with E-state index < -0.39 is 0 Å². The number of nitrogens with one attached hydrogen (secondary N) is 1. The lowest BCUT2D eigenvalue weighted by atomic mass is 10.1. The number of aromatic nitrogens is 1. The number of halogens is 1. The average molecular weight is 322 g/mol. The largest absolute Gasteiger partial charge is 0.312 e. The zero-order valence-corrected chi connectivity index (χ0v) is 12.5. The summed E-state index contributed by atoms with van der Waals surface area (Å²) in [6, 6.07) is 7.02. The van der Waals surface area contributed by atoms with Gasteiger partial charge in [-0.2, -0.15) is 0 Å². The molecule has 108 valence electrons. The van der Waals surface area contributed by atoms with Crippen LogP contribution in [0.2, 0.25) is 5.02 Å². The van der Waals surface area contributed by atoms with Crippen LogP contribution < -0.4 is 10.2 Å². The van der Waals surface area contributed by atoms with Gasteiger partial charge in [-0.05, 0) is 24.3 Å². The number of nitrogens with zero attached hydrogens (tertiary/aromatic N) is 2. The lowest BCUT2D eigenvalue weighted by molar-refractivity contribution is -0.122. The molecule has 5 nitrogen and oxygen atoms in total. The lowest BCUT2D eigenvalue weighted by Gasteiger charge is -2.16. The second kappa shape index (κ2) is 5.83. The van der Waals surface area contributed by atoms with Crippen molar-refractivity contribution in [3.8, 4) is 0 Å². The van der Waals surface area contributed by atoms with E-state index in [1.165, 1.54) is 11.3 Å². The van der Waals surface area contributed by atoms with Gasteiger partial charge in [0.1, 0.15) is 0 Å². The van der Waals surface area contributed by atoms with Crippen molar-refractivity contribution in [2.75, 3.05) is 16.8 Å². The van der Waals surface area contributed by atoms with Gasteiger partial charge < -0.3 is 10.2 Å². The maximum atomic E-state index is 12.1. The van der Waals surface area contributed by atoms with E-state index in [1.807, 2.05) is 0 Å². The van der Waals surface area contributed by atoms with Crippen molar-refractivity contribution in [3.63, 3.8) is 0 Å². The summed E-state index contributed by atoms with van der Waals surface area (Å²) < 4.78 is 0. The smallest absolute Gasteiger partial charge is 0.231 e. The second-order valence-corrected chi connectivity index (χ2v) is 6.04. The van der Waals surface area contributed by atoms with Gasteiger partial charge in [-0.25, -0.2) is 4.98 Å². The highest BCUT2D eigenvalue weighted by Gasteiger charge is 2.35. The van der Waals surface area contributed by atoms with Crippen LogP contribution in [0.15, 0.2) is 35.8 Å². The Morgan fingerprint density at radius 1 is 1.38 bits per heavy atom. The van der Waals surface area contributed by atoms with Gasteiger partial charge in [-0.15, -0.1) is 11.3 Å². The van der Waals surface area contributed by atoms with Crippen LogP contribution in [0, 0.1) is 5.92 Å². The third-order valence-corrected chi connectivity index (χ3v) is 4.24. The molecule has 1 atom stereocenters. The van der Waals surface area contributed by atoms with Crippen molar-refractivity contribution in [3.05, 3.63) is 40.9 Å². The molecule has 0 bridgehead atoms. The maximum absolute atomic E-state index is 12.1. The molecule has 3 rings (SSSR count). The Morgan fingerprint density at radius 3 is 2.81 bits per heavy atom. The average Bonchev–Trinajstić information content (AvgIpc) is 3.09. The van der Waals surface area contributed by atoms with Gasteiger partial charge in [-0.3, -0.25) is 9.59 Å². The zero-order valence-electron chi connectivity index (χ0n) is 11.0. The van der Waals surface area contributed by atoms with Gasteiger partial charge in [0.05, 0.1) is 5.92 Å². The molecule has 1 N–H and O–H groups in total. The summed E-state index contributed by atoms with van der Waals surface area (Å²) in [6.07, 6.45) is 1.83. The fourth-order valence-electron chi connectivity index (χ4n) is 2.25. The van der Waals surface area contributed by atoms with Crippen LogP contribution >= 0.6 is 22.9 Å². The van der Waals surface area contributed by atoms with Gasteiger partial charge in [0.15, 0.2) is 5.13 Å². The van der Waals surface area contributed by atoms with Gasteiger partial charge in [0.25, 0.3) is 0 Å². The Hall–Kier alpha value is -1.92. The lowest BCUT2D eigenvalue weighted by Crippen LogP contribution is -2.28. The van der Waals surface area contributed by atoms with E-state index in [4.69, 9.17) is 11.6 Å². The highest BCUT2D eigenvalue weighted by Crippen LogP contribution is 2.27. The number of anilines is 2. The van der Waals surface area contributed by atoms with Gasteiger partial charge >= 0.3 is 0 Å². The summed E-state index contributed by atoms with van der Waals surface area (Å²) in [6.45, 7) is 0.373. The molecule has 0 spiro atoms. The van der Waals surface area contributed by atoms with E-state index >= 15 is 0 Å². The Morgan fingerprint density at radius 2 is 2.14 bits per heavy atom. The Balaban J connectivity index is 1.69. The van der Waals surface area contributed by atoms with Crippen LogP contribution in [0.25, 0.3) is 0 Å². The van der Waals surface area contributed by atoms with Crippen molar-refractivity contribution >= 4 is 45.6 Å². The number of thiazole rings is 1. The van der Waals surface area contributed by atoms with E-state index in [0.29, 0.717) is 16.7 Å². The van der Waals surface area contributed by atoms with Crippen LogP contribution in [0.3, 0.4) is 0 Å². The van der Waals surface area contributed by atoms with Gasteiger partial charge in [-0.1, -0.05) is 11.6 Å². The fraction of sp³-hybridized carbons (Fsp3) is 0.214. The Labute approximate surface area is 130 Å². The minimum Gasteiger partial charge on any atom is -0.312 e. The summed E-state index contributed by atoms with van der Waals surface area (Å²) in [5, 5.41) is 5.69. The van der Waals surface area contributed by atoms with Crippen LogP contribution in [0.1, 0.15) is 6.42 Å². The normalized spacial score (nSPS) is 18.0. The number of rotatable bonds is 3. The molecular formula is C14H12ClN3O2S. The molecule has 1 aromatic carbocycles. The number of hydrogen-bond acceptors (Lipinski definition) is 4. The van der Waals surface area contributed by atoms with E-state index in [-0.39, 0.29) is 24.2 Å². The molecule has 1 aliphatic heterocycles. The Bertz CT molecular complexity index is 657. The van der Waals surface area contributed by atoms with E-state index in [1.54, 1.807) is 40.7 Å². The van der Waals surface area contributed by atoms with E-state index in [9.17, 15) is 9.59 Å². The third-order valence-electron chi connectivity index (χ3n) is 3.30. The van der Waals surface area contributed by atoms with E-state index in [0.717, 1.165) is 5.69 Å². The molecule has 2 aromatic rings. The third kappa shape index (κ3) is 3.06. The second-order valence-electron chi connectivity index (χ2n) is 4.71. The van der Waals surface area contributed by atoms with Gasteiger partial charge in [0.2, 0.25) is 11.8 Å². The van der Waals surface area contributed by atoms with Crippen LogP contribution in [0.5, 0.6) is 0 Å². The monoisotopic (exact) mass is 321 g/mol. The maximum Gasteiger partial charge on any atom is 0.231 e. The molecule has 7 heteroatoms. The minimum atomic E-state index is -0.364. The van der Waals surface area contributed by atoms with E-state index in [2.05, 4.69) is 10.3 Å². The van der Waals surface area contributed by atoms with Crippen molar-refractivity contribution < 1.29 is 9.59 Å². The molecule has 1 fully saturated rings. The molecule has 2 amide bonds. The zero-order chi connectivity index (χ0) is 14.8. The summed E-state index contributed by atoms with van der Waals surface area (Å²) in [7, 11) is 0. The van der Waals surface area contributed by atoms with Crippen molar-refractivity contribution in [2.24, 2.45) is 5.92 Å². The first kappa shape index (κ1) is 14.0. The number of carbonyl (C=O) groups is 2. The molecule has 1 aliphatic rings. The standard InChI is InChI=1S/C14H12ClN3O2S/c15-10-1-3-11(4-2-10)18-8-9(7-12(18)19)13(20)17-14-16-5-6-21-14/h1-6,9H,7-8H2,(H,16,17,20)/t9-/m1/s1. The molecule has 0 aliphatic carbocycles. The van der Waals surface area contributed by atoms with Crippen LogP contribution in [-0.4, -0.2) is 23.3 Å². The quantitative estimate of drug-likeness (QED) is 0.945.